The number of ether oxygens (including phenoxy) is 1. The van der Waals surface area contributed by atoms with Crippen LogP contribution in [0.25, 0.3) is 10.9 Å². The van der Waals surface area contributed by atoms with Crippen LogP contribution in [0.15, 0.2) is 23.0 Å². The van der Waals surface area contributed by atoms with Gasteiger partial charge < -0.3 is 9.72 Å². The number of aromatic nitrogens is 4. The first-order valence-electron chi connectivity index (χ1n) is 7.92. The Morgan fingerprint density at radius 1 is 1.12 bits per heavy atom. The van der Waals surface area contributed by atoms with Crippen molar-refractivity contribution < 1.29 is 4.74 Å². The summed E-state index contributed by atoms with van der Waals surface area (Å²) in [4.78, 5) is 28.6. The Hall–Kier alpha value is -2.76. The van der Waals surface area contributed by atoms with E-state index in [0.29, 0.717) is 30.2 Å². The molecular formula is C18H20N4O2. The molecule has 6 heteroatoms. The minimum Gasteiger partial charge on any atom is -0.494 e. The number of hydrogen-bond acceptors (Lipinski definition) is 5. The van der Waals surface area contributed by atoms with Crippen LogP contribution >= 0.6 is 0 Å². The van der Waals surface area contributed by atoms with Gasteiger partial charge in [-0.25, -0.2) is 15.0 Å². The lowest BCUT2D eigenvalue weighted by Crippen LogP contribution is -2.19. The number of fused-ring (bicyclic) bond motifs is 1. The van der Waals surface area contributed by atoms with Crippen LogP contribution in [0.2, 0.25) is 0 Å². The van der Waals surface area contributed by atoms with Crippen LogP contribution in [0.4, 0.5) is 0 Å². The van der Waals surface area contributed by atoms with Gasteiger partial charge in [-0.05, 0) is 26.3 Å². The lowest BCUT2D eigenvalue weighted by Gasteiger charge is -2.09. The molecule has 0 aliphatic heterocycles. The average molecular weight is 324 g/mol. The zero-order chi connectivity index (χ0) is 17.3. The minimum atomic E-state index is -0.0879. The second-order valence-corrected chi connectivity index (χ2v) is 5.69. The number of rotatable bonds is 4. The Morgan fingerprint density at radius 2 is 1.92 bits per heavy atom. The highest BCUT2D eigenvalue weighted by Gasteiger charge is 2.12. The summed E-state index contributed by atoms with van der Waals surface area (Å²) in [7, 11) is 1.62. The standard InChI is InChI=1S/C18H20N4O2/c1-5-12-10(2)19-16(22-18(12)23)9-15-20-11(3)13-7-6-8-14(24-4)17(13)21-15/h6-8H,5,9H2,1-4H3,(H,19,22,23). The van der Waals surface area contributed by atoms with Crippen molar-refractivity contribution in [3.05, 3.63) is 57.2 Å². The van der Waals surface area contributed by atoms with E-state index >= 15 is 0 Å². The highest BCUT2D eigenvalue weighted by molar-refractivity contribution is 5.86. The first-order valence-corrected chi connectivity index (χ1v) is 7.92. The number of nitrogens with one attached hydrogen (secondary N) is 1. The Labute approximate surface area is 140 Å². The monoisotopic (exact) mass is 324 g/mol. The van der Waals surface area contributed by atoms with Crippen LogP contribution in [-0.2, 0) is 12.8 Å². The molecule has 24 heavy (non-hydrogen) atoms. The molecule has 0 aliphatic rings. The molecule has 0 saturated carbocycles. The average Bonchev–Trinajstić information content (AvgIpc) is 2.54. The van der Waals surface area contributed by atoms with E-state index in [9.17, 15) is 4.79 Å². The Balaban J connectivity index is 2.06. The summed E-state index contributed by atoms with van der Waals surface area (Å²) in [6.45, 7) is 5.74. The number of hydrogen-bond donors (Lipinski definition) is 1. The third kappa shape index (κ3) is 2.87. The zero-order valence-electron chi connectivity index (χ0n) is 14.3. The number of benzene rings is 1. The maximum absolute atomic E-state index is 12.1. The fraction of sp³-hybridized carbons (Fsp3) is 0.333. The van der Waals surface area contributed by atoms with Gasteiger partial charge in [0.2, 0.25) is 0 Å². The number of aryl methyl sites for hydroxylation is 2. The molecule has 0 saturated heterocycles. The molecule has 0 aliphatic carbocycles. The van der Waals surface area contributed by atoms with Crippen molar-refractivity contribution in [2.24, 2.45) is 0 Å². The van der Waals surface area contributed by atoms with Crippen molar-refractivity contribution >= 4 is 10.9 Å². The van der Waals surface area contributed by atoms with E-state index in [0.717, 1.165) is 27.9 Å². The van der Waals surface area contributed by atoms with Crippen LogP contribution in [0.1, 0.15) is 35.5 Å². The van der Waals surface area contributed by atoms with Gasteiger partial charge in [-0.3, -0.25) is 4.79 Å². The SMILES string of the molecule is CCc1c(C)nc(Cc2nc(C)c3cccc(OC)c3n2)[nH]c1=O. The molecule has 3 aromatic rings. The minimum absolute atomic E-state index is 0.0879. The maximum atomic E-state index is 12.1. The van der Waals surface area contributed by atoms with Gasteiger partial charge in [0.05, 0.1) is 13.5 Å². The smallest absolute Gasteiger partial charge is 0.254 e. The topological polar surface area (TPSA) is 80.8 Å². The molecule has 0 radical (unpaired) electrons. The van der Waals surface area contributed by atoms with E-state index < -0.39 is 0 Å². The molecule has 2 heterocycles. The van der Waals surface area contributed by atoms with Crippen LogP contribution in [0.3, 0.4) is 0 Å². The van der Waals surface area contributed by atoms with E-state index in [1.807, 2.05) is 39.0 Å². The fourth-order valence-corrected chi connectivity index (χ4v) is 2.90. The third-order valence-electron chi connectivity index (χ3n) is 4.10. The maximum Gasteiger partial charge on any atom is 0.254 e. The van der Waals surface area contributed by atoms with Gasteiger partial charge in [0.1, 0.15) is 22.9 Å². The van der Waals surface area contributed by atoms with Crippen molar-refractivity contribution in [3.8, 4) is 5.75 Å². The summed E-state index contributed by atoms with van der Waals surface area (Å²) in [6, 6.07) is 5.76. The number of aromatic amines is 1. The summed E-state index contributed by atoms with van der Waals surface area (Å²) < 4.78 is 5.39. The predicted molar refractivity (Wildman–Crippen MR) is 92.6 cm³/mol. The van der Waals surface area contributed by atoms with E-state index in [1.54, 1.807) is 7.11 Å². The second kappa shape index (κ2) is 6.39. The third-order valence-corrected chi connectivity index (χ3v) is 4.10. The molecule has 0 spiro atoms. The van der Waals surface area contributed by atoms with Gasteiger partial charge in [-0.1, -0.05) is 19.1 Å². The summed E-state index contributed by atoms with van der Waals surface area (Å²) in [6.07, 6.45) is 1.03. The fourth-order valence-electron chi connectivity index (χ4n) is 2.90. The lowest BCUT2D eigenvalue weighted by atomic mass is 10.1. The molecule has 3 rings (SSSR count). The van der Waals surface area contributed by atoms with Crippen molar-refractivity contribution in [2.75, 3.05) is 7.11 Å². The van der Waals surface area contributed by atoms with Crippen molar-refractivity contribution in [2.45, 2.75) is 33.6 Å². The molecule has 1 aromatic carbocycles. The van der Waals surface area contributed by atoms with Gasteiger partial charge in [0, 0.05) is 22.3 Å². The number of para-hydroxylation sites is 1. The van der Waals surface area contributed by atoms with Crippen LogP contribution < -0.4 is 10.3 Å². The molecule has 0 bridgehead atoms. The normalized spacial score (nSPS) is 11.0. The second-order valence-electron chi connectivity index (χ2n) is 5.69. The van der Waals surface area contributed by atoms with Crippen LogP contribution in [0.5, 0.6) is 5.75 Å². The summed E-state index contributed by atoms with van der Waals surface area (Å²) >= 11 is 0. The Bertz CT molecular complexity index is 963. The highest BCUT2D eigenvalue weighted by atomic mass is 16.5. The van der Waals surface area contributed by atoms with Gasteiger partial charge in [0.25, 0.3) is 5.56 Å². The molecule has 0 fully saturated rings. The largest absolute Gasteiger partial charge is 0.494 e. The molecule has 1 N–H and O–H groups in total. The molecule has 124 valence electrons. The van der Waals surface area contributed by atoms with E-state index in [1.165, 1.54) is 0 Å². The lowest BCUT2D eigenvalue weighted by molar-refractivity contribution is 0.418. The Kier molecular flexibility index (Phi) is 4.29. The molecule has 2 aromatic heterocycles. The zero-order valence-corrected chi connectivity index (χ0v) is 14.3. The van der Waals surface area contributed by atoms with Crippen molar-refractivity contribution in [1.82, 2.24) is 19.9 Å². The first-order chi connectivity index (χ1) is 11.5. The van der Waals surface area contributed by atoms with Crippen LogP contribution in [0, 0.1) is 13.8 Å². The molecular weight excluding hydrogens is 304 g/mol. The van der Waals surface area contributed by atoms with Crippen molar-refractivity contribution in [3.63, 3.8) is 0 Å². The summed E-state index contributed by atoms with van der Waals surface area (Å²) in [5.41, 5.74) is 3.03. The predicted octanol–water partition coefficient (Wildman–Crippen LogP) is 2.49. The summed E-state index contributed by atoms with van der Waals surface area (Å²) in [5.74, 6) is 1.89. The summed E-state index contributed by atoms with van der Waals surface area (Å²) in [5, 5.41) is 0.956. The van der Waals surface area contributed by atoms with Crippen molar-refractivity contribution in [1.29, 1.82) is 0 Å². The van der Waals surface area contributed by atoms with Gasteiger partial charge in [0.15, 0.2) is 0 Å². The highest BCUT2D eigenvalue weighted by Crippen LogP contribution is 2.25. The molecule has 0 amide bonds. The van der Waals surface area contributed by atoms with E-state index in [2.05, 4.69) is 19.9 Å². The van der Waals surface area contributed by atoms with Gasteiger partial charge in [-0.2, -0.15) is 0 Å². The van der Waals surface area contributed by atoms with Crippen LogP contribution in [-0.4, -0.2) is 27.0 Å². The molecule has 0 atom stereocenters. The van der Waals surface area contributed by atoms with E-state index in [-0.39, 0.29) is 5.56 Å². The quantitative estimate of drug-likeness (QED) is 0.797. The van der Waals surface area contributed by atoms with E-state index in [4.69, 9.17) is 4.74 Å². The number of methoxy groups -OCH3 is 1. The molecule has 0 unspecified atom stereocenters. The number of H-pyrrole nitrogens is 1. The number of nitrogens with zero attached hydrogens (tertiary/aromatic N) is 3. The van der Waals surface area contributed by atoms with Gasteiger partial charge in [-0.15, -0.1) is 0 Å². The van der Waals surface area contributed by atoms with Gasteiger partial charge >= 0.3 is 0 Å². The molecule has 6 nitrogen and oxygen atoms in total. The first kappa shape index (κ1) is 16.1. The Morgan fingerprint density at radius 3 is 2.58 bits per heavy atom.